The van der Waals surface area contributed by atoms with E-state index >= 15 is 0 Å². The second kappa shape index (κ2) is 9.72. The van der Waals surface area contributed by atoms with E-state index in [1.165, 1.54) is 17.8 Å². The molecule has 1 aromatic rings. The van der Waals surface area contributed by atoms with Crippen LogP contribution in [0.4, 0.5) is 5.00 Å². The standard InChI is InChI=1S/C19H31N3O2S.ClH/c1-13-12-15(21-18(24)19(2,3)4)25-16(13)17(23)22-10-7-14(8-11-22)6-9-20-5;/h12,14,20H,6-11H2,1-5H3,(H,21,24);1H. The molecule has 0 bridgehead atoms. The van der Waals surface area contributed by atoms with Gasteiger partial charge in [-0.3, -0.25) is 9.59 Å². The van der Waals surface area contributed by atoms with Gasteiger partial charge in [-0.25, -0.2) is 0 Å². The summed E-state index contributed by atoms with van der Waals surface area (Å²) in [4.78, 5) is 27.7. The summed E-state index contributed by atoms with van der Waals surface area (Å²) in [5.74, 6) is 0.784. The number of amides is 2. The first kappa shape index (κ1) is 22.9. The molecule has 1 aliphatic rings. The summed E-state index contributed by atoms with van der Waals surface area (Å²) in [5.41, 5.74) is 0.494. The molecule has 0 aliphatic carbocycles. The highest BCUT2D eigenvalue weighted by Gasteiger charge is 2.27. The van der Waals surface area contributed by atoms with E-state index in [1.807, 2.05) is 45.7 Å². The number of thiophene rings is 1. The summed E-state index contributed by atoms with van der Waals surface area (Å²) in [5, 5.41) is 6.89. The van der Waals surface area contributed by atoms with Crippen molar-refractivity contribution in [3.8, 4) is 0 Å². The molecule has 1 fully saturated rings. The number of likely N-dealkylation sites (tertiary alicyclic amines) is 1. The summed E-state index contributed by atoms with van der Waals surface area (Å²) in [7, 11) is 1.98. The van der Waals surface area contributed by atoms with E-state index in [9.17, 15) is 9.59 Å². The van der Waals surface area contributed by atoms with Gasteiger partial charge in [-0.15, -0.1) is 23.7 Å². The highest BCUT2D eigenvalue weighted by Crippen LogP contribution is 2.31. The molecule has 1 aliphatic heterocycles. The van der Waals surface area contributed by atoms with E-state index in [2.05, 4.69) is 10.6 Å². The molecule has 148 valence electrons. The van der Waals surface area contributed by atoms with E-state index in [0.717, 1.165) is 47.9 Å². The van der Waals surface area contributed by atoms with Gasteiger partial charge in [0, 0.05) is 18.5 Å². The van der Waals surface area contributed by atoms with Crippen molar-refractivity contribution in [1.29, 1.82) is 0 Å². The molecule has 2 heterocycles. The lowest BCUT2D eigenvalue weighted by Gasteiger charge is -2.32. The van der Waals surface area contributed by atoms with Gasteiger partial charge >= 0.3 is 0 Å². The molecule has 1 aromatic heterocycles. The van der Waals surface area contributed by atoms with Crippen LogP contribution in [-0.2, 0) is 4.79 Å². The van der Waals surface area contributed by atoms with Gasteiger partial charge in [0.2, 0.25) is 5.91 Å². The first-order valence-electron chi connectivity index (χ1n) is 9.08. The smallest absolute Gasteiger partial charge is 0.264 e. The number of hydrogen-bond acceptors (Lipinski definition) is 4. The van der Waals surface area contributed by atoms with Crippen LogP contribution in [0.15, 0.2) is 6.07 Å². The third-order valence-corrected chi connectivity index (χ3v) is 5.87. The van der Waals surface area contributed by atoms with Crippen molar-refractivity contribution < 1.29 is 9.59 Å². The number of hydrogen-bond donors (Lipinski definition) is 2. The number of piperidine rings is 1. The van der Waals surface area contributed by atoms with Crippen molar-refractivity contribution >= 4 is 40.6 Å². The fourth-order valence-corrected chi connectivity index (χ4v) is 4.01. The number of carbonyl (C=O) groups is 2. The molecule has 0 spiro atoms. The van der Waals surface area contributed by atoms with Gasteiger partial charge in [0.25, 0.3) is 5.91 Å². The third kappa shape index (κ3) is 5.96. The predicted octanol–water partition coefficient (Wildman–Crippen LogP) is 3.92. The van der Waals surface area contributed by atoms with Crippen molar-refractivity contribution in [2.45, 2.75) is 47.0 Å². The van der Waals surface area contributed by atoms with Crippen LogP contribution in [0, 0.1) is 18.3 Å². The van der Waals surface area contributed by atoms with Gasteiger partial charge in [0.05, 0.1) is 9.88 Å². The van der Waals surface area contributed by atoms with Gasteiger partial charge in [-0.2, -0.15) is 0 Å². The molecule has 5 nitrogen and oxygen atoms in total. The first-order valence-corrected chi connectivity index (χ1v) is 9.89. The molecule has 0 atom stereocenters. The minimum atomic E-state index is -0.447. The summed E-state index contributed by atoms with van der Waals surface area (Å²) in [6, 6.07) is 1.90. The van der Waals surface area contributed by atoms with E-state index < -0.39 is 5.41 Å². The molecule has 0 saturated carbocycles. The second-order valence-electron chi connectivity index (χ2n) is 7.95. The normalized spacial score (nSPS) is 15.5. The maximum Gasteiger partial charge on any atom is 0.264 e. The van der Waals surface area contributed by atoms with Gasteiger partial charge < -0.3 is 15.5 Å². The number of carbonyl (C=O) groups excluding carboxylic acids is 2. The fourth-order valence-electron chi connectivity index (χ4n) is 2.97. The lowest BCUT2D eigenvalue weighted by Crippen LogP contribution is -2.38. The molecular formula is C19H32ClN3O2S. The van der Waals surface area contributed by atoms with Crippen molar-refractivity contribution in [3.63, 3.8) is 0 Å². The van der Waals surface area contributed by atoms with E-state index in [-0.39, 0.29) is 24.2 Å². The maximum atomic E-state index is 12.8. The molecular weight excluding hydrogens is 370 g/mol. The molecule has 0 radical (unpaired) electrons. The predicted molar refractivity (Wildman–Crippen MR) is 112 cm³/mol. The molecule has 2 rings (SSSR count). The minimum absolute atomic E-state index is 0. The lowest BCUT2D eigenvalue weighted by atomic mass is 9.93. The molecule has 0 unspecified atom stereocenters. The van der Waals surface area contributed by atoms with Crippen molar-refractivity contribution in [1.82, 2.24) is 10.2 Å². The minimum Gasteiger partial charge on any atom is -0.338 e. The van der Waals surface area contributed by atoms with Crippen LogP contribution < -0.4 is 10.6 Å². The van der Waals surface area contributed by atoms with Crippen LogP contribution in [0.5, 0.6) is 0 Å². The van der Waals surface area contributed by atoms with E-state index in [1.54, 1.807) is 0 Å². The lowest BCUT2D eigenvalue weighted by molar-refractivity contribution is -0.123. The number of halogens is 1. The molecule has 2 N–H and O–H groups in total. The summed E-state index contributed by atoms with van der Waals surface area (Å²) in [6.07, 6.45) is 3.33. The number of aryl methyl sites for hydroxylation is 1. The monoisotopic (exact) mass is 401 g/mol. The van der Waals surface area contributed by atoms with Gasteiger partial charge in [0.1, 0.15) is 0 Å². The van der Waals surface area contributed by atoms with Crippen molar-refractivity contribution in [2.24, 2.45) is 11.3 Å². The Labute approximate surface area is 167 Å². The number of anilines is 1. The molecule has 0 aromatic carbocycles. The zero-order chi connectivity index (χ0) is 18.6. The molecule has 7 heteroatoms. The third-order valence-electron chi connectivity index (χ3n) is 4.73. The SMILES string of the molecule is CNCCC1CCN(C(=O)c2sc(NC(=O)C(C)(C)C)cc2C)CC1.Cl. The summed E-state index contributed by atoms with van der Waals surface area (Å²) < 4.78 is 0. The van der Waals surface area contributed by atoms with Gasteiger partial charge in [-0.05, 0) is 57.3 Å². The van der Waals surface area contributed by atoms with Crippen LogP contribution in [0.1, 0.15) is 55.3 Å². The topological polar surface area (TPSA) is 61.4 Å². The van der Waals surface area contributed by atoms with Crippen LogP contribution in [0.2, 0.25) is 0 Å². The number of nitrogens with one attached hydrogen (secondary N) is 2. The fraction of sp³-hybridized carbons (Fsp3) is 0.684. The average molecular weight is 402 g/mol. The zero-order valence-electron chi connectivity index (χ0n) is 16.5. The quantitative estimate of drug-likeness (QED) is 0.785. The van der Waals surface area contributed by atoms with Crippen molar-refractivity contribution in [2.75, 3.05) is 32.0 Å². The highest BCUT2D eigenvalue weighted by atomic mass is 35.5. The number of rotatable bonds is 5. The Hall–Kier alpha value is -1.11. The number of nitrogens with zero attached hydrogens (tertiary/aromatic N) is 1. The Morgan fingerprint density at radius 1 is 1.27 bits per heavy atom. The Morgan fingerprint density at radius 3 is 2.42 bits per heavy atom. The average Bonchev–Trinajstić information content (AvgIpc) is 2.92. The van der Waals surface area contributed by atoms with Crippen LogP contribution in [0.3, 0.4) is 0 Å². The van der Waals surface area contributed by atoms with E-state index in [0.29, 0.717) is 5.92 Å². The zero-order valence-corrected chi connectivity index (χ0v) is 18.1. The van der Waals surface area contributed by atoms with Crippen LogP contribution >= 0.6 is 23.7 Å². The van der Waals surface area contributed by atoms with Crippen LogP contribution in [-0.4, -0.2) is 43.4 Å². The van der Waals surface area contributed by atoms with Crippen LogP contribution in [0.25, 0.3) is 0 Å². The summed E-state index contributed by atoms with van der Waals surface area (Å²) in [6.45, 7) is 10.3. The van der Waals surface area contributed by atoms with Gasteiger partial charge in [-0.1, -0.05) is 20.8 Å². The van der Waals surface area contributed by atoms with Gasteiger partial charge in [0.15, 0.2) is 0 Å². The first-order chi connectivity index (χ1) is 11.7. The highest BCUT2D eigenvalue weighted by molar-refractivity contribution is 7.18. The Bertz CT molecular complexity index is 617. The summed E-state index contributed by atoms with van der Waals surface area (Å²) >= 11 is 1.39. The Morgan fingerprint density at radius 2 is 1.88 bits per heavy atom. The van der Waals surface area contributed by atoms with E-state index in [4.69, 9.17) is 0 Å². The second-order valence-corrected chi connectivity index (χ2v) is 9.01. The molecule has 1 saturated heterocycles. The largest absolute Gasteiger partial charge is 0.338 e. The Balaban J connectivity index is 0.00000338. The Kier molecular flexibility index (Phi) is 8.57. The molecule has 26 heavy (non-hydrogen) atoms. The van der Waals surface area contributed by atoms with Crippen molar-refractivity contribution in [3.05, 3.63) is 16.5 Å². The molecule has 2 amide bonds. The maximum absolute atomic E-state index is 12.8.